The van der Waals surface area contributed by atoms with Crippen molar-refractivity contribution in [1.29, 1.82) is 0 Å². The van der Waals surface area contributed by atoms with Crippen LogP contribution in [0.15, 0.2) is 54.6 Å². The Morgan fingerprint density at radius 3 is 2.39 bits per heavy atom. The molecule has 1 heterocycles. The molecule has 4 heteroatoms. The van der Waals surface area contributed by atoms with Crippen LogP contribution in [-0.4, -0.2) is 22.0 Å². The van der Waals surface area contributed by atoms with E-state index in [0.29, 0.717) is 13.0 Å². The van der Waals surface area contributed by atoms with Crippen molar-refractivity contribution < 1.29 is 4.79 Å². The Morgan fingerprint density at radius 1 is 0.871 bits per heavy atom. The van der Waals surface area contributed by atoms with Crippen LogP contribution in [-0.2, 0) is 24.2 Å². The Morgan fingerprint density at radius 2 is 1.58 bits per heavy atom. The summed E-state index contributed by atoms with van der Waals surface area (Å²) in [5.41, 5.74) is 3.46. The molecule has 0 aliphatic heterocycles. The molecule has 1 amide bonds. The largest absolute Gasteiger partial charge is 0.356 e. The van der Waals surface area contributed by atoms with E-state index >= 15 is 0 Å². The third kappa shape index (κ3) is 7.54. The van der Waals surface area contributed by atoms with E-state index in [1.54, 1.807) is 0 Å². The van der Waals surface area contributed by atoms with Crippen molar-refractivity contribution >= 4 is 16.9 Å². The highest BCUT2D eigenvalue weighted by Gasteiger charge is 2.11. The molecular weight excluding hydrogens is 382 g/mol. The minimum absolute atomic E-state index is 0.110. The van der Waals surface area contributed by atoms with Crippen LogP contribution in [0.5, 0.6) is 0 Å². The monoisotopic (exact) mass is 419 g/mol. The highest BCUT2D eigenvalue weighted by Crippen LogP contribution is 2.18. The van der Waals surface area contributed by atoms with Crippen LogP contribution in [0.4, 0.5) is 0 Å². The van der Waals surface area contributed by atoms with E-state index in [1.165, 1.54) is 56.0 Å². The molecule has 0 saturated heterocycles. The lowest BCUT2D eigenvalue weighted by Gasteiger charge is -2.10. The van der Waals surface area contributed by atoms with Crippen molar-refractivity contribution in [2.75, 3.05) is 6.54 Å². The summed E-state index contributed by atoms with van der Waals surface area (Å²) in [6.07, 6.45) is 11.2. The second kappa shape index (κ2) is 12.9. The maximum atomic E-state index is 12.2. The van der Waals surface area contributed by atoms with Crippen LogP contribution in [0.1, 0.15) is 69.7 Å². The summed E-state index contributed by atoms with van der Waals surface area (Å²) in [6.45, 7) is 3.90. The van der Waals surface area contributed by atoms with Gasteiger partial charge in [0.2, 0.25) is 5.91 Å². The first kappa shape index (κ1) is 23.1. The van der Waals surface area contributed by atoms with Gasteiger partial charge in [0.25, 0.3) is 0 Å². The summed E-state index contributed by atoms with van der Waals surface area (Å²) >= 11 is 0. The number of nitrogens with zero attached hydrogens (tertiary/aromatic N) is 2. The SMILES string of the molecule is CCCCCCCCCn1c(CCNC(=O)CCc2ccccc2)nc2ccccc21. The number of benzene rings is 2. The number of rotatable bonds is 14. The van der Waals surface area contributed by atoms with E-state index in [9.17, 15) is 4.79 Å². The van der Waals surface area contributed by atoms with Gasteiger partial charge in [-0.25, -0.2) is 4.98 Å². The standard InChI is InChI=1S/C27H37N3O/c1-2-3-4-5-6-7-13-22-30-25-17-12-11-16-24(25)29-26(30)20-21-28-27(31)19-18-23-14-9-8-10-15-23/h8-12,14-17H,2-7,13,18-22H2,1H3,(H,28,31). The number of amides is 1. The number of hydrogen-bond acceptors (Lipinski definition) is 2. The Balaban J connectivity index is 1.47. The first-order valence-electron chi connectivity index (χ1n) is 12.0. The van der Waals surface area contributed by atoms with Crippen LogP contribution in [0.2, 0.25) is 0 Å². The molecule has 31 heavy (non-hydrogen) atoms. The number of nitrogens with one attached hydrogen (secondary N) is 1. The van der Waals surface area contributed by atoms with E-state index < -0.39 is 0 Å². The van der Waals surface area contributed by atoms with Gasteiger partial charge in [0.1, 0.15) is 5.82 Å². The van der Waals surface area contributed by atoms with Gasteiger partial charge in [-0.3, -0.25) is 4.79 Å². The highest BCUT2D eigenvalue weighted by molar-refractivity contribution is 5.77. The topological polar surface area (TPSA) is 46.9 Å². The van der Waals surface area contributed by atoms with E-state index in [1.807, 2.05) is 24.3 Å². The molecule has 1 aromatic heterocycles. The predicted molar refractivity (Wildman–Crippen MR) is 129 cm³/mol. The highest BCUT2D eigenvalue weighted by atomic mass is 16.1. The normalized spacial score (nSPS) is 11.1. The molecule has 3 aromatic rings. The molecule has 3 rings (SSSR count). The molecule has 2 aromatic carbocycles. The third-order valence-electron chi connectivity index (χ3n) is 5.87. The minimum Gasteiger partial charge on any atom is -0.356 e. The van der Waals surface area contributed by atoms with Crippen molar-refractivity contribution in [1.82, 2.24) is 14.9 Å². The van der Waals surface area contributed by atoms with Crippen LogP contribution >= 0.6 is 0 Å². The Kier molecular flexibility index (Phi) is 9.62. The van der Waals surface area contributed by atoms with Crippen molar-refractivity contribution in [3.63, 3.8) is 0 Å². The molecule has 1 N–H and O–H groups in total. The van der Waals surface area contributed by atoms with E-state index in [4.69, 9.17) is 4.98 Å². The molecular formula is C27H37N3O. The summed E-state index contributed by atoms with van der Waals surface area (Å²) in [5, 5.41) is 3.08. The average Bonchev–Trinajstić information content (AvgIpc) is 3.15. The van der Waals surface area contributed by atoms with E-state index in [-0.39, 0.29) is 5.91 Å². The fourth-order valence-corrected chi connectivity index (χ4v) is 4.10. The molecule has 0 spiro atoms. The number of aryl methyl sites for hydroxylation is 2. The minimum atomic E-state index is 0.110. The average molecular weight is 420 g/mol. The van der Waals surface area contributed by atoms with Crippen LogP contribution in [0, 0.1) is 0 Å². The van der Waals surface area contributed by atoms with Crippen molar-refractivity contribution in [3.05, 3.63) is 66.0 Å². The van der Waals surface area contributed by atoms with Gasteiger partial charge in [-0.1, -0.05) is 87.9 Å². The zero-order valence-corrected chi connectivity index (χ0v) is 19.0. The molecule has 166 valence electrons. The maximum absolute atomic E-state index is 12.2. The summed E-state index contributed by atoms with van der Waals surface area (Å²) in [4.78, 5) is 17.1. The van der Waals surface area contributed by atoms with Gasteiger partial charge in [0.15, 0.2) is 0 Å². The molecule has 0 atom stereocenters. The van der Waals surface area contributed by atoms with E-state index in [2.05, 4.69) is 47.1 Å². The first-order chi connectivity index (χ1) is 15.3. The predicted octanol–water partition coefficient (Wildman–Crippen LogP) is 6.08. The number of imidazole rings is 1. The van der Waals surface area contributed by atoms with Gasteiger partial charge in [-0.2, -0.15) is 0 Å². The molecule has 4 nitrogen and oxygen atoms in total. The molecule has 0 unspecified atom stereocenters. The smallest absolute Gasteiger partial charge is 0.220 e. The Labute approximate surface area is 187 Å². The van der Waals surface area contributed by atoms with Gasteiger partial charge in [0.05, 0.1) is 11.0 Å². The summed E-state index contributed by atoms with van der Waals surface area (Å²) in [5.74, 6) is 1.19. The second-order valence-corrected chi connectivity index (χ2v) is 8.38. The van der Waals surface area contributed by atoms with Gasteiger partial charge >= 0.3 is 0 Å². The van der Waals surface area contributed by atoms with Crippen molar-refractivity contribution in [2.45, 2.75) is 77.7 Å². The molecule has 0 fully saturated rings. The molecule has 0 bridgehead atoms. The number of carbonyl (C=O) groups is 1. The molecule has 0 radical (unpaired) electrons. The van der Waals surface area contributed by atoms with Gasteiger partial charge < -0.3 is 9.88 Å². The fourth-order valence-electron chi connectivity index (χ4n) is 4.10. The number of unbranched alkanes of at least 4 members (excludes halogenated alkanes) is 6. The number of aromatic nitrogens is 2. The van der Waals surface area contributed by atoms with Crippen LogP contribution in [0.3, 0.4) is 0 Å². The summed E-state index contributed by atoms with van der Waals surface area (Å²) in [6, 6.07) is 18.5. The third-order valence-corrected chi connectivity index (χ3v) is 5.87. The number of fused-ring (bicyclic) bond motifs is 1. The molecule has 0 aliphatic carbocycles. The van der Waals surface area contributed by atoms with E-state index in [0.717, 1.165) is 30.7 Å². The summed E-state index contributed by atoms with van der Waals surface area (Å²) in [7, 11) is 0. The first-order valence-corrected chi connectivity index (χ1v) is 12.0. The lowest BCUT2D eigenvalue weighted by Crippen LogP contribution is -2.26. The quantitative estimate of drug-likeness (QED) is 0.322. The van der Waals surface area contributed by atoms with Crippen molar-refractivity contribution in [2.24, 2.45) is 0 Å². The molecule has 0 saturated carbocycles. The van der Waals surface area contributed by atoms with Crippen molar-refractivity contribution in [3.8, 4) is 0 Å². The van der Waals surface area contributed by atoms with Crippen LogP contribution < -0.4 is 5.32 Å². The number of carbonyl (C=O) groups excluding carboxylic acids is 1. The fraction of sp³-hybridized carbons (Fsp3) is 0.481. The Bertz CT molecular complexity index is 917. The lowest BCUT2D eigenvalue weighted by molar-refractivity contribution is -0.121. The lowest BCUT2D eigenvalue weighted by atomic mass is 10.1. The Hall–Kier alpha value is -2.62. The second-order valence-electron chi connectivity index (χ2n) is 8.38. The summed E-state index contributed by atoms with van der Waals surface area (Å²) < 4.78 is 2.36. The maximum Gasteiger partial charge on any atom is 0.220 e. The van der Waals surface area contributed by atoms with Crippen LogP contribution in [0.25, 0.3) is 11.0 Å². The number of hydrogen-bond donors (Lipinski definition) is 1. The number of para-hydroxylation sites is 2. The van der Waals surface area contributed by atoms with Gasteiger partial charge in [0, 0.05) is 25.9 Å². The zero-order valence-electron chi connectivity index (χ0n) is 19.0. The molecule has 0 aliphatic rings. The van der Waals surface area contributed by atoms with Gasteiger partial charge in [-0.15, -0.1) is 0 Å². The zero-order chi connectivity index (χ0) is 21.7. The van der Waals surface area contributed by atoms with Gasteiger partial charge in [-0.05, 0) is 30.5 Å².